The van der Waals surface area contributed by atoms with Gasteiger partial charge < -0.3 is 5.32 Å². The fourth-order valence-corrected chi connectivity index (χ4v) is 1.95. The van der Waals surface area contributed by atoms with Gasteiger partial charge in [0.25, 0.3) is 0 Å². The molecule has 1 aromatic rings. The fraction of sp³-hybridized carbons (Fsp3) is 0.500. The Morgan fingerprint density at radius 3 is 2.65 bits per heavy atom. The molecule has 1 atom stereocenters. The molecule has 0 aliphatic carbocycles. The minimum absolute atomic E-state index is 0.0114. The largest absolute Gasteiger partial charge is 0.441 e. The van der Waals surface area contributed by atoms with Crippen LogP contribution in [0.2, 0.25) is 0 Å². The summed E-state index contributed by atoms with van der Waals surface area (Å²) in [6.07, 6.45) is 0. The predicted octanol–water partition coefficient (Wildman–Crippen LogP) is 3.90. The van der Waals surface area contributed by atoms with E-state index in [1.54, 1.807) is 0 Å². The van der Waals surface area contributed by atoms with Crippen molar-refractivity contribution in [3.63, 3.8) is 0 Å². The molecule has 0 saturated heterocycles. The van der Waals surface area contributed by atoms with E-state index in [9.17, 15) is 13.2 Å². The van der Waals surface area contributed by atoms with Gasteiger partial charge in [-0.05, 0) is 31.2 Å². The molecule has 1 aromatic carbocycles. The molecule has 0 aliphatic rings. The highest BCUT2D eigenvalue weighted by molar-refractivity contribution is 8.00. The first-order valence-corrected chi connectivity index (χ1v) is 6.37. The average molecular weight is 263 g/mol. The van der Waals surface area contributed by atoms with Crippen molar-refractivity contribution >= 4 is 11.8 Å². The Morgan fingerprint density at radius 1 is 1.35 bits per heavy atom. The minimum atomic E-state index is -4.13. The predicted molar refractivity (Wildman–Crippen MR) is 66.1 cm³/mol. The van der Waals surface area contributed by atoms with Crippen molar-refractivity contribution in [2.75, 3.05) is 12.3 Å². The lowest BCUT2D eigenvalue weighted by Crippen LogP contribution is -2.22. The van der Waals surface area contributed by atoms with E-state index in [0.717, 1.165) is 11.1 Å². The first-order chi connectivity index (χ1) is 7.88. The molecule has 0 radical (unpaired) electrons. The summed E-state index contributed by atoms with van der Waals surface area (Å²) in [5.74, 6) is 0.0413. The number of aryl methyl sites for hydroxylation is 1. The van der Waals surface area contributed by atoms with Crippen LogP contribution in [0.5, 0.6) is 0 Å². The highest BCUT2D eigenvalue weighted by Gasteiger charge is 2.27. The van der Waals surface area contributed by atoms with Gasteiger partial charge in [-0.15, -0.1) is 0 Å². The summed E-state index contributed by atoms with van der Waals surface area (Å²) in [6.45, 7) is 4.29. The topological polar surface area (TPSA) is 12.0 Å². The van der Waals surface area contributed by atoms with Crippen molar-refractivity contribution in [3.8, 4) is 0 Å². The number of hydrogen-bond donors (Lipinski definition) is 1. The molecule has 0 aromatic heterocycles. The molecule has 1 N–H and O–H groups in total. The van der Waals surface area contributed by atoms with Crippen molar-refractivity contribution in [2.45, 2.75) is 25.4 Å². The molecule has 0 fully saturated rings. The van der Waals surface area contributed by atoms with Crippen LogP contribution in [0.15, 0.2) is 24.3 Å². The maximum Gasteiger partial charge on any atom is 0.441 e. The third kappa shape index (κ3) is 5.98. The van der Waals surface area contributed by atoms with Crippen LogP contribution in [0.1, 0.15) is 24.1 Å². The summed E-state index contributed by atoms with van der Waals surface area (Å²) in [7, 11) is 0. The smallest absolute Gasteiger partial charge is 0.309 e. The van der Waals surface area contributed by atoms with E-state index in [1.807, 2.05) is 38.1 Å². The molecule has 96 valence electrons. The SMILES string of the molecule is Cc1cccc(C(C)NCCSC(F)(F)F)c1. The summed E-state index contributed by atoms with van der Waals surface area (Å²) in [4.78, 5) is 0. The van der Waals surface area contributed by atoms with Crippen LogP contribution >= 0.6 is 11.8 Å². The molecule has 1 nitrogen and oxygen atoms in total. The van der Waals surface area contributed by atoms with E-state index < -0.39 is 5.51 Å². The van der Waals surface area contributed by atoms with Crippen LogP contribution in [-0.2, 0) is 0 Å². The maximum atomic E-state index is 11.9. The van der Waals surface area contributed by atoms with E-state index in [1.165, 1.54) is 0 Å². The molecule has 0 saturated carbocycles. The molecule has 0 bridgehead atoms. The average Bonchev–Trinajstić information content (AvgIpc) is 2.23. The molecule has 1 unspecified atom stereocenters. The highest BCUT2D eigenvalue weighted by atomic mass is 32.2. The lowest BCUT2D eigenvalue weighted by molar-refractivity contribution is -0.0327. The van der Waals surface area contributed by atoms with Crippen LogP contribution < -0.4 is 5.32 Å². The van der Waals surface area contributed by atoms with Crippen LogP contribution in [0.4, 0.5) is 13.2 Å². The van der Waals surface area contributed by atoms with Crippen molar-refractivity contribution in [3.05, 3.63) is 35.4 Å². The third-order valence-electron chi connectivity index (χ3n) is 2.36. The zero-order chi connectivity index (χ0) is 12.9. The summed E-state index contributed by atoms with van der Waals surface area (Å²) in [5.41, 5.74) is -1.88. The van der Waals surface area contributed by atoms with Crippen LogP contribution in [0.3, 0.4) is 0 Å². The Kier molecular flexibility index (Phi) is 5.33. The van der Waals surface area contributed by atoms with Crippen LogP contribution in [-0.4, -0.2) is 17.8 Å². The Balaban J connectivity index is 2.33. The molecule has 0 amide bonds. The Morgan fingerprint density at radius 2 is 2.06 bits per heavy atom. The molecule has 0 aliphatic heterocycles. The molecular formula is C12H16F3NS. The van der Waals surface area contributed by atoms with E-state index in [0.29, 0.717) is 6.54 Å². The lowest BCUT2D eigenvalue weighted by Gasteiger charge is -2.15. The zero-order valence-electron chi connectivity index (χ0n) is 9.84. The monoisotopic (exact) mass is 263 g/mol. The number of hydrogen-bond acceptors (Lipinski definition) is 2. The Bertz CT molecular complexity index is 352. The van der Waals surface area contributed by atoms with Crippen LogP contribution in [0, 0.1) is 6.92 Å². The Hall–Kier alpha value is -0.680. The van der Waals surface area contributed by atoms with Crippen molar-refractivity contribution in [2.24, 2.45) is 0 Å². The van der Waals surface area contributed by atoms with E-state index in [-0.39, 0.29) is 23.6 Å². The molecule has 17 heavy (non-hydrogen) atoms. The van der Waals surface area contributed by atoms with Gasteiger partial charge in [0.2, 0.25) is 0 Å². The molecule has 0 heterocycles. The number of rotatable bonds is 5. The van der Waals surface area contributed by atoms with Gasteiger partial charge in [0.1, 0.15) is 0 Å². The molecule has 1 rings (SSSR count). The van der Waals surface area contributed by atoms with Gasteiger partial charge in [0.15, 0.2) is 0 Å². The van der Waals surface area contributed by atoms with Gasteiger partial charge in [-0.3, -0.25) is 0 Å². The van der Waals surface area contributed by atoms with Gasteiger partial charge in [-0.2, -0.15) is 13.2 Å². The highest BCUT2D eigenvalue weighted by Crippen LogP contribution is 2.29. The second-order valence-corrected chi connectivity index (χ2v) is 5.04. The second-order valence-electron chi connectivity index (χ2n) is 3.88. The first-order valence-electron chi connectivity index (χ1n) is 5.39. The van der Waals surface area contributed by atoms with Gasteiger partial charge >= 0.3 is 5.51 Å². The van der Waals surface area contributed by atoms with Crippen molar-refractivity contribution in [1.29, 1.82) is 0 Å². The standard InChI is InChI=1S/C12H16F3NS/c1-9-4-3-5-11(8-9)10(2)16-6-7-17-12(13,14)15/h3-5,8,10,16H,6-7H2,1-2H3. The summed E-state index contributed by atoms with van der Waals surface area (Å²) in [6, 6.07) is 8.03. The molecule has 5 heteroatoms. The van der Waals surface area contributed by atoms with E-state index in [2.05, 4.69) is 5.32 Å². The summed E-state index contributed by atoms with van der Waals surface area (Å²) in [5, 5.41) is 3.08. The fourth-order valence-electron chi connectivity index (χ4n) is 1.50. The number of benzene rings is 1. The lowest BCUT2D eigenvalue weighted by atomic mass is 10.1. The minimum Gasteiger partial charge on any atom is -0.309 e. The number of nitrogens with one attached hydrogen (secondary N) is 1. The van der Waals surface area contributed by atoms with Gasteiger partial charge in [-0.1, -0.05) is 29.8 Å². The summed E-state index contributed by atoms with van der Waals surface area (Å²) >= 11 is 0.0114. The quantitative estimate of drug-likeness (QED) is 0.809. The second kappa shape index (κ2) is 6.31. The zero-order valence-corrected chi connectivity index (χ0v) is 10.7. The van der Waals surface area contributed by atoms with Crippen molar-refractivity contribution in [1.82, 2.24) is 5.32 Å². The van der Waals surface area contributed by atoms with Gasteiger partial charge in [0.05, 0.1) is 0 Å². The van der Waals surface area contributed by atoms with Crippen LogP contribution in [0.25, 0.3) is 0 Å². The Labute approximate surface area is 104 Å². The molecular weight excluding hydrogens is 247 g/mol. The van der Waals surface area contributed by atoms with E-state index in [4.69, 9.17) is 0 Å². The number of halogens is 3. The summed E-state index contributed by atoms with van der Waals surface area (Å²) < 4.78 is 35.7. The van der Waals surface area contributed by atoms with Gasteiger partial charge in [0, 0.05) is 18.3 Å². The van der Waals surface area contributed by atoms with E-state index >= 15 is 0 Å². The normalized spacial score (nSPS) is 13.7. The number of thioether (sulfide) groups is 1. The number of alkyl halides is 3. The molecule has 0 spiro atoms. The first kappa shape index (κ1) is 14.4. The van der Waals surface area contributed by atoms with Gasteiger partial charge in [-0.25, -0.2) is 0 Å². The maximum absolute atomic E-state index is 11.9. The third-order valence-corrected chi connectivity index (χ3v) is 3.10. The van der Waals surface area contributed by atoms with Crippen molar-refractivity contribution < 1.29 is 13.2 Å².